The lowest BCUT2D eigenvalue weighted by Gasteiger charge is -2.20. The van der Waals surface area contributed by atoms with E-state index < -0.39 is 17.9 Å². The summed E-state index contributed by atoms with van der Waals surface area (Å²) in [7, 11) is 0. The Morgan fingerprint density at radius 3 is 2.50 bits per heavy atom. The number of carbonyl (C=O) groups excluding carboxylic acids is 1. The number of thioether (sulfide) groups is 1. The summed E-state index contributed by atoms with van der Waals surface area (Å²) in [6.45, 7) is 0. The van der Waals surface area contributed by atoms with Crippen molar-refractivity contribution in [2.75, 3.05) is 11.5 Å². The number of alkyl halides is 3. The predicted octanol–water partition coefficient (Wildman–Crippen LogP) is 2.26. The molecule has 1 atom stereocenters. The van der Waals surface area contributed by atoms with E-state index in [1.807, 2.05) is 0 Å². The highest BCUT2D eigenvalue weighted by Crippen LogP contribution is 2.29. The molecule has 0 aromatic heterocycles. The van der Waals surface area contributed by atoms with Crippen LogP contribution in [-0.2, 0) is 4.79 Å². The fraction of sp³-hybridized carbons (Fsp3) is 0.857. The van der Waals surface area contributed by atoms with E-state index in [-0.39, 0.29) is 0 Å². The average molecular weight is 198 g/mol. The van der Waals surface area contributed by atoms with Crippen molar-refractivity contribution in [2.45, 2.75) is 19.0 Å². The van der Waals surface area contributed by atoms with Gasteiger partial charge in [0.15, 0.2) is 0 Å². The van der Waals surface area contributed by atoms with Crippen molar-refractivity contribution in [3.8, 4) is 0 Å². The normalized spacial score (nSPS) is 25.4. The summed E-state index contributed by atoms with van der Waals surface area (Å²) in [4.78, 5) is 10.7. The zero-order chi connectivity index (χ0) is 9.19. The van der Waals surface area contributed by atoms with E-state index in [0.29, 0.717) is 12.2 Å². The zero-order valence-electron chi connectivity index (χ0n) is 6.36. The van der Waals surface area contributed by atoms with Crippen LogP contribution < -0.4 is 0 Å². The number of halogens is 3. The van der Waals surface area contributed by atoms with Gasteiger partial charge in [-0.1, -0.05) is 0 Å². The molecule has 70 valence electrons. The van der Waals surface area contributed by atoms with E-state index in [0.717, 1.165) is 12.2 Å². The maximum absolute atomic E-state index is 11.9. The third-order valence-corrected chi connectivity index (χ3v) is 3.03. The van der Waals surface area contributed by atoms with Gasteiger partial charge in [0, 0.05) is 11.7 Å². The van der Waals surface area contributed by atoms with E-state index in [1.165, 1.54) is 11.8 Å². The van der Waals surface area contributed by atoms with Crippen molar-refractivity contribution in [2.24, 2.45) is 5.92 Å². The molecule has 0 radical (unpaired) electrons. The van der Waals surface area contributed by atoms with Crippen LogP contribution in [0.25, 0.3) is 0 Å². The first-order valence-electron chi connectivity index (χ1n) is 3.70. The van der Waals surface area contributed by atoms with Gasteiger partial charge >= 0.3 is 6.18 Å². The lowest BCUT2D eigenvalue weighted by Crippen LogP contribution is -2.33. The molecule has 0 aliphatic carbocycles. The summed E-state index contributed by atoms with van der Waals surface area (Å²) in [6.07, 6.45) is -3.52. The fourth-order valence-corrected chi connectivity index (χ4v) is 2.32. The molecule has 0 aromatic rings. The second-order valence-corrected chi connectivity index (χ2v) is 3.93. The van der Waals surface area contributed by atoms with Crippen LogP contribution in [0.15, 0.2) is 0 Å². The Kier molecular flexibility index (Phi) is 3.04. The minimum Gasteiger partial charge on any atom is -0.289 e. The third-order valence-electron chi connectivity index (χ3n) is 1.81. The molecule has 0 amide bonds. The molecule has 0 saturated carbocycles. The van der Waals surface area contributed by atoms with E-state index in [1.54, 1.807) is 0 Å². The molecule has 1 unspecified atom stereocenters. The Balaban J connectivity index is 2.51. The van der Waals surface area contributed by atoms with E-state index in [4.69, 9.17) is 0 Å². The molecular weight excluding hydrogens is 189 g/mol. The Bertz CT molecular complexity index is 172. The number of rotatable bonds is 1. The molecule has 1 saturated heterocycles. The number of Topliss-reactive ketones (excluding diaryl/α,β-unsaturated/α-hetero) is 1. The molecule has 1 nitrogen and oxygen atoms in total. The van der Waals surface area contributed by atoms with Crippen LogP contribution in [-0.4, -0.2) is 23.5 Å². The minimum atomic E-state index is -4.64. The molecule has 1 fully saturated rings. The molecule has 0 N–H and O–H groups in total. The predicted molar refractivity (Wildman–Crippen MR) is 41.1 cm³/mol. The second kappa shape index (κ2) is 3.68. The summed E-state index contributed by atoms with van der Waals surface area (Å²) >= 11 is 1.43. The number of carbonyl (C=O) groups is 1. The monoisotopic (exact) mass is 198 g/mol. The van der Waals surface area contributed by atoms with Gasteiger partial charge in [0.2, 0.25) is 5.78 Å². The van der Waals surface area contributed by atoms with Crippen molar-refractivity contribution < 1.29 is 18.0 Å². The summed E-state index contributed by atoms with van der Waals surface area (Å²) in [5.41, 5.74) is 0. The van der Waals surface area contributed by atoms with Gasteiger partial charge in [0.25, 0.3) is 0 Å². The summed E-state index contributed by atoms with van der Waals surface area (Å²) in [5.74, 6) is -1.13. The van der Waals surface area contributed by atoms with E-state index in [2.05, 4.69) is 0 Å². The Hall–Kier alpha value is -0.190. The molecule has 1 heterocycles. The molecule has 1 aliphatic heterocycles. The van der Waals surface area contributed by atoms with Gasteiger partial charge < -0.3 is 0 Å². The van der Waals surface area contributed by atoms with Crippen LogP contribution in [0.4, 0.5) is 13.2 Å². The first-order chi connectivity index (χ1) is 5.52. The molecule has 0 spiro atoms. The van der Waals surface area contributed by atoms with Gasteiger partial charge in [0.05, 0.1) is 0 Å². The average Bonchev–Trinajstić information content (AvgIpc) is 2.03. The maximum atomic E-state index is 11.9. The largest absolute Gasteiger partial charge is 0.450 e. The lowest BCUT2D eigenvalue weighted by atomic mass is 10.00. The molecule has 12 heavy (non-hydrogen) atoms. The summed E-state index contributed by atoms with van der Waals surface area (Å²) < 4.78 is 35.6. The Labute approximate surface area is 72.7 Å². The maximum Gasteiger partial charge on any atom is 0.450 e. The van der Waals surface area contributed by atoms with E-state index in [9.17, 15) is 18.0 Å². The highest BCUT2D eigenvalue weighted by atomic mass is 32.2. The Morgan fingerprint density at radius 2 is 2.08 bits per heavy atom. The highest BCUT2D eigenvalue weighted by molar-refractivity contribution is 7.99. The van der Waals surface area contributed by atoms with Crippen LogP contribution in [0.5, 0.6) is 0 Å². The van der Waals surface area contributed by atoms with Gasteiger partial charge in [-0.3, -0.25) is 4.79 Å². The van der Waals surface area contributed by atoms with Crippen molar-refractivity contribution in [3.05, 3.63) is 0 Å². The fourth-order valence-electron chi connectivity index (χ4n) is 1.18. The summed E-state index contributed by atoms with van der Waals surface area (Å²) in [5, 5.41) is 0. The lowest BCUT2D eigenvalue weighted by molar-refractivity contribution is -0.175. The van der Waals surface area contributed by atoms with Crippen LogP contribution in [0, 0.1) is 5.92 Å². The SMILES string of the molecule is O=C(C1CCCSC1)C(F)(F)F. The third kappa shape index (κ3) is 2.40. The second-order valence-electron chi connectivity index (χ2n) is 2.78. The van der Waals surface area contributed by atoms with Crippen LogP contribution in [0.2, 0.25) is 0 Å². The highest BCUT2D eigenvalue weighted by Gasteiger charge is 2.43. The molecule has 1 rings (SSSR count). The van der Waals surface area contributed by atoms with Crippen molar-refractivity contribution in [1.82, 2.24) is 0 Å². The first-order valence-corrected chi connectivity index (χ1v) is 4.86. The van der Waals surface area contributed by atoms with Gasteiger partial charge in [-0.25, -0.2) is 0 Å². The van der Waals surface area contributed by atoms with E-state index >= 15 is 0 Å². The van der Waals surface area contributed by atoms with Crippen molar-refractivity contribution >= 4 is 17.5 Å². The van der Waals surface area contributed by atoms with Crippen LogP contribution in [0.3, 0.4) is 0 Å². The molecule has 1 aliphatic rings. The topological polar surface area (TPSA) is 17.1 Å². The smallest absolute Gasteiger partial charge is 0.289 e. The van der Waals surface area contributed by atoms with Gasteiger partial charge in [-0.2, -0.15) is 24.9 Å². The number of ketones is 1. The Morgan fingerprint density at radius 1 is 1.42 bits per heavy atom. The van der Waals surface area contributed by atoms with Crippen LogP contribution >= 0.6 is 11.8 Å². The summed E-state index contributed by atoms with van der Waals surface area (Å²) in [6, 6.07) is 0. The van der Waals surface area contributed by atoms with Gasteiger partial charge in [0.1, 0.15) is 0 Å². The van der Waals surface area contributed by atoms with Crippen LogP contribution in [0.1, 0.15) is 12.8 Å². The molecule has 0 aromatic carbocycles. The van der Waals surface area contributed by atoms with Crippen molar-refractivity contribution in [3.63, 3.8) is 0 Å². The van der Waals surface area contributed by atoms with Gasteiger partial charge in [-0.15, -0.1) is 0 Å². The van der Waals surface area contributed by atoms with Crippen molar-refractivity contribution in [1.29, 1.82) is 0 Å². The molecule has 5 heteroatoms. The zero-order valence-corrected chi connectivity index (χ0v) is 7.17. The first kappa shape index (κ1) is 9.89. The standard InChI is InChI=1S/C7H9F3OS/c8-7(9,10)6(11)5-2-1-3-12-4-5/h5H,1-4H2. The number of hydrogen-bond donors (Lipinski definition) is 0. The van der Waals surface area contributed by atoms with Gasteiger partial charge in [-0.05, 0) is 18.6 Å². The minimum absolute atomic E-state index is 0.332. The molecule has 0 bridgehead atoms. The molecular formula is C7H9F3OS. The quantitative estimate of drug-likeness (QED) is 0.642. The number of hydrogen-bond acceptors (Lipinski definition) is 2.